The van der Waals surface area contributed by atoms with Crippen LogP contribution in [0.1, 0.15) is 42.1 Å². The van der Waals surface area contributed by atoms with Crippen molar-refractivity contribution >= 4 is 29.0 Å². The zero-order valence-electron chi connectivity index (χ0n) is 27.0. The van der Waals surface area contributed by atoms with Gasteiger partial charge in [0.25, 0.3) is 5.91 Å². The molecule has 1 aliphatic rings. The van der Waals surface area contributed by atoms with Gasteiger partial charge in [-0.3, -0.25) is 9.20 Å². The summed E-state index contributed by atoms with van der Waals surface area (Å²) in [5, 5.41) is 18.9. The number of anilines is 2. The van der Waals surface area contributed by atoms with E-state index in [2.05, 4.69) is 25.9 Å². The van der Waals surface area contributed by atoms with Gasteiger partial charge in [0.1, 0.15) is 0 Å². The Hall–Kier alpha value is -4.62. The summed E-state index contributed by atoms with van der Waals surface area (Å²) >= 11 is 0. The first-order valence-electron chi connectivity index (χ1n) is 15.9. The van der Waals surface area contributed by atoms with Crippen molar-refractivity contribution in [3.63, 3.8) is 0 Å². The number of aliphatic carboxylic acids is 1. The minimum atomic E-state index is -1.07. The third-order valence-corrected chi connectivity index (χ3v) is 8.71. The number of carboxylic acids is 1. The Balaban J connectivity index is 1.18. The number of likely N-dealkylation sites (N-methyl/N-ethyl adjacent to an activating group) is 1. The van der Waals surface area contributed by atoms with Gasteiger partial charge >= 0.3 is 5.97 Å². The summed E-state index contributed by atoms with van der Waals surface area (Å²) in [5.74, 6) is -2.27. The van der Waals surface area contributed by atoms with E-state index < -0.39 is 17.6 Å². The van der Waals surface area contributed by atoms with E-state index in [0.29, 0.717) is 51.8 Å². The number of hydrogen-bond donors (Lipinski definition) is 4. The molecular weight excluding hydrogens is 608 g/mol. The predicted octanol–water partition coefficient (Wildman–Crippen LogP) is 4.64. The maximum absolute atomic E-state index is 14.9. The number of methoxy groups -OCH3 is 1. The number of carbonyl (C=O) groups excluding carboxylic acids is 1. The van der Waals surface area contributed by atoms with Crippen LogP contribution in [0.3, 0.4) is 0 Å². The van der Waals surface area contributed by atoms with Crippen LogP contribution in [-0.2, 0) is 11.2 Å². The van der Waals surface area contributed by atoms with E-state index in [9.17, 15) is 23.5 Å². The molecule has 0 saturated carbocycles. The zero-order chi connectivity index (χ0) is 33.6. The van der Waals surface area contributed by atoms with E-state index in [1.165, 1.54) is 25.4 Å². The molecule has 2 aromatic heterocycles. The number of hydrogen-bond acceptors (Lipinski definition) is 7. The number of carboxylic acid groups (broad SMARTS) is 1. The van der Waals surface area contributed by atoms with Crippen LogP contribution in [0.4, 0.5) is 20.3 Å². The second kappa shape index (κ2) is 14.9. The SMILES string of the molecule is CCc1cc(Nc2nccn3c(-c4ccc(OC)c(F)c4F)cnc23)ccc1C(=O)NCCCCC[N+](C)(CC(=O)O)CC1CNC1. The van der Waals surface area contributed by atoms with Crippen LogP contribution in [0.15, 0.2) is 48.9 Å². The number of carbonyl (C=O) groups is 2. The normalized spacial score (nSPS) is 14.4. The number of unbranched alkanes of at least 4 members (excludes halogenated alkanes) is 2. The Labute approximate surface area is 272 Å². The van der Waals surface area contributed by atoms with Crippen molar-refractivity contribution < 1.29 is 32.7 Å². The molecule has 5 rings (SSSR count). The van der Waals surface area contributed by atoms with E-state index >= 15 is 0 Å². The van der Waals surface area contributed by atoms with Crippen LogP contribution in [0.25, 0.3) is 16.9 Å². The number of ether oxygens (including phenoxy) is 1. The molecule has 1 saturated heterocycles. The van der Waals surface area contributed by atoms with Crippen LogP contribution in [-0.4, -0.2) is 89.3 Å². The van der Waals surface area contributed by atoms with Crippen LogP contribution < -0.4 is 20.7 Å². The third kappa shape index (κ3) is 7.86. The average molecular weight is 651 g/mol. The molecule has 1 atom stereocenters. The van der Waals surface area contributed by atoms with Gasteiger partial charge in [0.2, 0.25) is 5.82 Å². The highest BCUT2D eigenvalue weighted by Crippen LogP contribution is 2.31. The highest BCUT2D eigenvalue weighted by molar-refractivity contribution is 5.96. The van der Waals surface area contributed by atoms with Gasteiger partial charge in [-0.25, -0.2) is 19.2 Å². The molecule has 1 aliphatic heterocycles. The predicted molar refractivity (Wildman–Crippen MR) is 175 cm³/mol. The number of halogens is 2. The molecule has 4 aromatic rings. The summed E-state index contributed by atoms with van der Waals surface area (Å²) in [4.78, 5) is 33.3. The Kier molecular flexibility index (Phi) is 10.7. The number of benzene rings is 2. The van der Waals surface area contributed by atoms with Crippen molar-refractivity contribution in [1.82, 2.24) is 25.0 Å². The summed E-state index contributed by atoms with van der Waals surface area (Å²) in [5.41, 5.74) is 2.95. The number of fused-ring (bicyclic) bond motifs is 1. The average Bonchev–Trinajstić information content (AvgIpc) is 3.46. The number of imidazole rings is 1. The number of aromatic nitrogens is 3. The summed E-state index contributed by atoms with van der Waals surface area (Å²) < 4.78 is 36.3. The van der Waals surface area contributed by atoms with Gasteiger partial charge in [0.05, 0.1) is 39.1 Å². The van der Waals surface area contributed by atoms with Gasteiger partial charge in [-0.05, 0) is 61.6 Å². The van der Waals surface area contributed by atoms with E-state index in [-0.39, 0.29) is 23.8 Å². The molecule has 250 valence electrons. The maximum Gasteiger partial charge on any atom is 0.359 e. The van der Waals surface area contributed by atoms with Gasteiger partial charge in [-0.2, -0.15) is 4.39 Å². The van der Waals surface area contributed by atoms with Crippen LogP contribution in [0, 0.1) is 17.6 Å². The number of nitrogens with zero attached hydrogens (tertiary/aromatic N) is 4. The Morgan fingerprint density at radius 2 is 1.94 bits per heavy atom. The van der Waals surface area contributed by atoms with E-state index in [0.717, 1.165) is 51.0 Å². The summed E-state index contributed by atoms with van der Waals surface area (Å²) in [6.45, 7) is 6.19. The van der Waals surface area contributed by atoms with Crippen molar-refractivity contribution in [2.75, 3.05) is 58.7 Å². The highest BCUT2D eigenvalue weighted by atomic mass is 19.2. The van der Waals surface area contributed by atoms with Crippen molar-refractivity contribution in [3.05, 3.63) is 71.7 Å². The summed E-state index contributed by atoms with van der Waals surface area (Å²) in [7, 11) is 3.30. The van der Waals surface area contributed by atoms with Crippen molar-refractivity contribution in [3.8, 4) is 17.0 Å². The monoisotopic (exact) mass is 650 g/mol. The first-order valence-corrected chi connectivity index (χ1v) is 15.9. The van der Waals surface area contributed by atoms with Crippen LogP contribution in [0.5, 0.6) is 5.75 Å². The fraction of sp³-hybridized carbons (Fsp3) is 0.412. The van der Waals surface area contributed by atoms with E-state index in [1.807, 2.05) is 20.0 Å². The molecule has 4 N–H and O–H groups in total. The molecule has 13 heteroatoms. The van der Waals surface area contributed by atoms with Gasteiger partial charge in [0, 0.05) is 54.8 Å². The van der Waals surface area contributed by atoms with E-state index in [4.69, 9.17) is 4.74 Å². The fourth-order valence-corrected chi connectivity index (χ4v) is 6.17. The molecule has 0 aliphatic carbocycles. The summed E-state index contributed by atoms with van der Waals surface area (Å²) in [6.07, 6.45) is 7.84. The van der Waals surface area contributed by atoms with E-state index in [1.54, 1.807) is 28.9 Å². The number of aryl methyl sites for hydroxylation is 1. The molecule has 0 radical (unpaired) electrons. The van der Waals surface area contributed by atoms with Gasteiger partial charge in [-0.15, -0.1) is 0 Å². The molecular formula is C34H42F2N7O4+. The number of nitrogens with one attached hydrogen (secondary N) is 3. The Bertz CT molecular complexity index is 1740. The molecule has 2 aromatic carbocycles. The molecule has 1 unspecified atom stereocenters. The fourth-order valence-electron chi connectivity index (χ4n) is 6.17. The highest BCUT2D eigenvalue weighted by Gasteiger charge is 2.31. The Morgan fingerprint density at radius 1 is 1.13 bits per heavy atom. The van der Waals surface area contributed by atoms with Crippen molar-refractivity contribution in [2.24, 2.45) is 5.92 Å². The number of amides is 1. The lowest BCUT2D eigenvalue weighted by atomic mass is 10.0. The minimum Gasteiger partial charge on any atom is -0.494 e. The maximum atomic E-state index is 14.9. The van der Waals surface area contributed by atoms with Gasteiger partial charge < -0.3 is 30.3 Å². The van der Waals surface area contributed by atoms with Crippen molar-refractivity contribution in [1.29, 1.82) is 0 Å². The molecule has 0 spiro atoms. The first-order chi connectivity index (χ1) is 22.6. The number of quaternary nitrogens is 1. The molecule has 11 nitrogen and oxygen atoms in total. The van der Waals surface area contributed by atoms with Crippen LogP contribution >= 0.6 is 0 Å². The zero-order valence-corrected chi connectivity index (χ0v) is 27.0. The molecule has 3 heterocycles. The second-order valence-electron chi connectivity index (χ2n) is 12.3. The first kappa shape index (κ1) is 33.7. The Morgan fingerprint density at radius 3 is 2.64 bits per heavy atom. The molecule has 1 fully saturated rings. The lowest BCUT2D eigenvalue weighted by molar-refractivity contribution is -0.906. The standard InChI is InChI=1S/C34H41F2N7O4/c1-4-23-16-24(41-32-33-40-19-27(42(33)14-13-38-32)26-10-11-28(47-3)31(36)30(26)35)8-9-25(23)34(46)39-12-6-5-7-15-43(2,21-29(44)45)20-22-17-37-18-22/h8-11,13-14,16,19,22,37H,4-7,12,15,17-18,20-21H2,1-3H3,(H2-,38,39,41,44,45,46)/p+1. The van der Waals surface area contributed by atoms with Gasteiger partial charge in [0.15, 0.2) is 29.6 Å². The molecule has 0 bridgehead atoms. The second-order valence-corrected chi connectivity index (χ2v) is 12.3. The van der Waals surface area contributed by atoms with Gasteiger partial charge in [-0.1, -0.05) is 6.92 Å². The summed E-state index contributed by atoms with van der Waals surface area (Å²) in [6, 6.07) is 8.26. The molecule has 47 heavy (non-hydrogen) atoms. The molecule has 1 amide bonds. The van der Waals surface area contributed by atoms with Crippen LogP contribution in [0.2, 0.25) is 0 Å². The lowest BCUT2D eigenvalue weighted by Crippen LogP contribution is -2.57. The smallest absolute Gasteiger partial charge is 0.359 e. The lowest BCUT2D eigenvalue weighted by Gasteiger charge is -2.39. The third-order valence-electron chi connectivity index (χ3n) is 8.71. The van der Waals surface area contributed by atoms with Crippen molar-refractivity contribution in [2.45, 2.75) is 32.6 Å². The minimum absolute atomic E-state index is 0.0362. The topological polar surface area (TPSA) is 130 Å². The number of rotatable bonds is 16. The quantitative estimate of drug-likeness (QED) is 0.102. The largest absolute Gasteiger partial charge is 0.494 e.